The van der Waals surface area contributed by atoms with Crippen LogP contribution in [-0.2, 0) is 11.2 Å². The SMILES string of the molecule is CCOc1ccc(CCNC(=O)c2ccc3c(c2)NC(=O)/C(=C\c2ccc(C)cc2)S3)cc1. The number of ether oxygens (including phenoxy) is 1. The van der Waals surface area contributed by atoms with Crippen molar-refractivity contribution < 1.29 is 14.3 Å². The van der Waals surface area contributed by atoms with E-state index in [1.807, 2.05) is 74.5 Å². The maximum Gasteiger partial charge on any atom is 0.262 e. The standard InChI is InChI=1S/C27H26N2O3S/c1-3-32-22-11-8-19(9-12-22)14-15-28-26(30)21-10-13-24-23(17-21)29-27(31)25(33-24)16-20-6-4-18(2)5-7-20/h4-13,16-17H,3,14-15H2,1-2H3,(H,28,30)(H,29,31)/b25-16+. The first-order valence-corrected chi connectivity index (χ1v) is 11.7. The number of benzene rings is 3. The van der Waals surface area contributed by atoms with Gasteiger partial charge in [0.05, 0.1) is 17.2 Å². The van der Waals surface area contributed by atoms with Gasteiger partial charge >= 0.3 is 0 Å². The fraction of sp³-hybridized carbons (Fsp3) is 0.185. The van der Waals surface area contributed by atoms with Crippen molar-refractivity contribution in [1.82, 2.24) is 5.32 Å². The summed E-state index contributed by atoms with van der Waals surface area (Å²) in [6.07, 6.45) is 2.60. The molecule has 1 aliphatic rings. The zero-order valence-electron chi connectivity index (χ0n) is 18.7. The van der Waals surface area contributed by atoms with Crippen molar-refractivity contribution in [3.8, 4) is 5.75 Å². The minimum Gasteiger partial charge on any atom is -0.494 e. The molecule has 0 bridgehead atoms. The number of carbonyl (C=O) groups excluding carboxylic acids is 2. The number of anilines is 1. The van der Waals surface area contributed by atoms with Gasteiger partial charge < -0.3 is 15.4 Å². The van der Waals surface area contributed by atoms with Crippen molar-refractivity contribution in [2.45, 2.75) is 25.2 Å². The van der Waals surface area contributed by atoms with Crippen molar-refractivity contribution in [3.05, 3.63) is 93.9 Å². The molecule has 5 nitrogen and oxygen atoms in total. The summed E-state index contributed by atoms with van der Waals surface area (Å²) in [7, 11) is 0. The van der Waals surface area contributed by atoms with E-state index in [1.54, 1.807) is 12.1 Å². The van der Waals surface area contributed by atoms with Crippen molar-refractivity contribution in [2.24, 2.45) is 0 Å². The quantitative estimate of drug-likeness (QED) is 0.462. The zero-order chi connectivity index (χ0) is 23.2. The molecule has 0 unspecified atom stereocenters. The molecule has 2 amide bonds. The molecule has 0 aliphatic carbocycles. The molecule has 1 aliphatic heterocycles. The molecule has 4 rings (SSSR count). The molecule has 0 fully saturated rings. The Morgan fingerprint density at radius 1 is 1.06 bits per heavy atom. The van der Waals surface area contributed by atoms with Gasteiger partial charge in [-0.2, -0.15) is 0 Å². The fourth-order valence-electron chi connectivity index (χ4n) is 3.46. The Labute approximate surface area is 198 Å². The predicted molar refractivity (Wildman–Crippen MR) is 134 cm³/mol. The Kier molecular flexibility index (Phi) is 7.15. The normalized spacial score (nSPS) is 13.9. The number of carbonyl (C=O) groups is 2. The van der Waals surface area contributed by atoms with Gasteiger partial charge in [0, 0.05) is 17.0 Å². The van der Waals surface area contributed by atoms with E-state index in [2.05, 4.69) is 10.6 Å². The average molecular weight is 459 g/mol. The second-order valence-electron chi connectivity index (χ2n) is 7.77. The smallest absolute Gasteiger partial charge is 0.262 e. The van der Waals surface area contributed by atoms with E-state index in [9.17, 15) is 9.59 Å². The summed E-state index contributed by atoms with van der Waals surface area (Å²) in [5.41, 5.74) is 4.46. The Balaban J connectivity index is 1.37. The van der Waals surface area contributed by atoms with Crippen LogP contribution in [0.3, 0.4) is 0 Å². The van der Waals surface area contributed by atoms with Crippen LogP contribution >= 0.6 is 11.8 Å². The third-order valence-corrected chi connectivity index (χ3v) is 6.34. The van der Waals surface area contributed by atoms with Crippen LogP contribution in [0.5, 0.6) is 5.75 Å². The number of hydrogen-bond donors (Lipinski definition) is 2. The summed E-state index contributed by atoms with van der Waals surface area (Å²) < 4.78 is 5.45. The summed E-state index contributed by atoms with van der Waals surface area (Å²) in [5, 5.41) is 5.86. The third kappa shape index (κ3) is 5.84. The topological polar surface area (TPSA) is 67.4 Å². The zero-order valence-corrected chi connectivity index (χ0v) is 19.5. The Bertz CT molecular complexity index is 1180. The highest BCUT2D eigenvalue weighted by atomic mass is 32.2. The summed E-state index contributed by atoms with van der Waals surface area (Å²) in [6.45, 7) is 5.15. The van der Waals surface area contributed by atoms with Gasteiger partial charge in [0.25, 0.3) is 11.8 Å². The van der Waals surface area contributed by atoms with E-state index < -0.39 is 0 Å². The minimum absolute atomic E-state index is 0.163. The number of thioether (sulfide) groups is 1. The molecule has 6 heteroatoms. The molecule has 3 aromatic carbocycles. The third-order valence-electron chi connectivity index (χ3n) is 5.24. The van der Waals surface area contributed by atoms with Crippen LogP contribution in [0.4, 0.5) is 5.69 Å². The van der Waals surface area contributed by atoms with Crippen LogP contribution < -0.4 is 15.4 Å². The predicted octanol–water partition coefficient (Wildman–Crippen LogP) is 5.45. The molecule has 0 spiro atoms. The van der Waals surface area contributed by atoms with Gasteiger partial charge in [0.2, 0.25) is 0 Å². The van der Waals surface area contributed by atoms with Gasteiger partial charge in [-0.05, 0) is 67.8 Å². The van der Waals surface area contributed by atoms with Crippen LogP contribution in [0.1, 0.15) is 34.0 Å². The number of nitrogens with one attached hydrogen (secondary N) is 2. The molecule has 0 saturated heterocycles. The molecule has 0 saturated carbocycles. The molecule has 0 radical (unpaired) electrons. The minimum atomic E-state index is -0.166. The number of rotatable bonds is 7. The second-order valence-corrected chi connectivity index (χ2v) is 8.85. The number of amides is 2. The molecule has 0 atom stereocenters. The van der Waals surface area contributed by atoms with Crippen molar-refractivity contribution >= 4 is 35.3 Å². The first-order valence-electron chi connectivity index (χ1n) is 10.9. The van der Waals surface area contributed by atoms with Gasteiger partial charge in [-0.1, -0.05) is 53.7 Å². The highest BCUT2D eigenvalue weighted by molar-refractivity contribution is 8.04. The lowest BCUT2D eigenvalue weighted by atomic mass is 10.1. The molecule has 3 aromatic rings. The van der Waals surface area contributed by atoms with Crippen LogP contribution in [0.2, 0.25) is 0 Å². The second kappa shape index (κ2) is 10.4. The van der Waals surface area contributed by atoms with Crippen LogP contribution in [0, 0.1) is 6.92 Å². The van der Waals surface area contributed by atoms with E-state index >= 15 is 0 Å². The first kappa shape index (κ1) is 22.7. The molecule has 0 aromatic heterocycles. The van der Waals surface area contributed by atoms with Crippen LogP contribution in [-0.4, -0.2) is 25.0 Å². The molecular formula is C27H26N2O3S. The highest BCUT2D eigenvalue weighted by Gasteiger charge is 2.22. The number of fused-ring (bicyclic) bond motifs is 1. The highest BCUT2D eigenvalue weighted by Crippen LogP contribution is 2.39. The molecule has 2 N–H and O–H groups in total. The van der Waals surface area contributed by atoms with E-state index in [0.717, 1.165) is 28.2 Å². The summed E-state index contributed by atoms with van der Waals surface area (Å²) in [4.78, 5) is 26.7. The largest absolute Gasteiger partial charge is 0.494 e. The lowest BCUT2D eigenvalue weighted by Gasteiger charge is -2.19. The van der Waals surface area contributed by atoms with Gasteiger partial charge in [0.1, 0.15) is 5.75 Å². The Morgan fingerprint density at radius 2 is 1.82 bits per heavy atom. The van der Waals surface area contributed by atoms with Gasteiger partial charge in [-0.15, -0.1) is 0 Å². The maximum absolute atomic E-state index is 12.6. The van der Waals surface area contributed by atoms with Gasteiger partial charge in [-0.3, -0.25) is 9.59 Å². The Hall–Kier alpha value is -3.51. The lowest BCUT2D eigenvalue weighted by molar-refractivity contribution is -0.112. The van der Waals surface area contributed by atoms with Crippen LogP contribution in [0.25, 0.3) is 6.08 Å². The molecule has 33 heavy (non-hydrogen) atoms. The fourth-order valence-corrected chi connectivity index (χ4v) is 4.39. The van der Waals surface area contributed by atoms with E-state index in [1.165, 1.54) is 17.3 Å². The van der Waals surface area contributed by atoms with E-state index in [0.29, 0.717) is 29.3 Å². The number of aryl methyl sites for hydroxylation is 1. The van der Waals surface area contributed by atoms with Crippen LogP contribution in [0.15, 0.2) is 76.5 Å². The molecule has 168 valence electrons. The molecular weight excluding hydrogens is 432 g/mol. The van der Waals surface area contributed by atoms with Gasteiger partial charge in [-0.25, -0.2) is 0 Å². The monoisotopic (exact) mass is 458 g/mol. The Morgan fingerprint density at radius 3 is 2.55 bits per heavy atom. The average Bonchev–Trinajstić information content (AvgIpc) is 2.82. The van der Waals surface area contributed by atoms with Crippen molar-refractivity contribution in [2.75, 3.05) is 18.5 Å². The van der Waals surface area contributed by atoms with E-state index in [-0.39, 0.29) is 11.8 Å². The maximum atomic E-state index is 12.6. The summed E-state index contributed by atoms with van der Waals surface area (Å²) in [5.74, 6) is 0.515. The summed E-state index contributed by atoms with van der Waals surface area (Å²) in [6, 6.07) is 21.3. The van der Waals surface area contributed by atoms with Gasteiger partial charge in [0.15, 0.2) is 0 Å². The summed E-state index contributed by atoms with van der Waals surface area (Å²) >= 11 is 1.41. The number of hydrogen-bond acceptors (Lipinski definition) is 4. The van der Waals surface area contributed by atoms with E-state index in [4.69, 9.17) is 4.74 Å². The first-order chi connectivity index (χ1) is 16.0. The lowest BCUT2D eigenvalue weighted by Crippen LogP contribution is -2.26. The molecule has 1 heterocycles. The van der Waals surface area contributed by atoms with Crippen molar-refractivity contribution in [1.29, 1.82) is 0 Å². The van der Waals surface area contributed by atoms with Crippen molar-refractivity contribution in [3.63, 3.8) is 0 Å².